The zero-order valence-electron chi connectivity index (χ0n) is 15.1. The van der Waals surface area contributed by atoms with Gasteiger partial charge in [-0.25, -0.2) is 4.79 Å². The van der Waals surface area contributed by atoms with E-state index in [-0.39, 0.29) is 11.5 Å². The van der Waals surface area contributed by atoms with Crippen LogP contribution >= 0.6 is 0 Å². The van der Waals surface area contributed by atoms with Gasteiger partial charge in [-0.15, -0.1) is 0 Å². The predicted octanol–water partition coefficient (Wildman–Crippen LogP) is 2.99. The van der Waals surface area contributed by atoms with E-state index >= 15 is 0 Å². The first-order valence-corrected chi connectivity index (χ1v) is 8.83. The maximum absolute atomic E-state index is 11.2. The Labute approximate surface area is 145 Å². The quantitative estimate of drug-likeness (QED) is 0.656. The van der Waals surface area contributed by atoms with Gasteiger partial charge in [-0.05, 0) is 56.5 Å². The summed E-state index contributed by atoms with van der Waals surface area (Å²) in [5, 5.41) is 6.10. The molecule has 24 heavy (non-hydrogen) atoms. The first-order chi connectivity index (χ1) is 11.7. The van der Waals surface area contributed by atoms with Gasteiger partial charge in [0.2, 0.25) is 6.41 Å². The summed E-state index contributed by atoms with van der Waals surface area (Å²) >= 11 is 0. The molecule has 2 N–H and O–H groups in total. The molecule has 0 bridgehead atoms. The molecule has 2 fully saturated rings. The smallest absolute Gasteiger partial charge is 0.337 e. The summed E-state index contributed by atoms with van der Waals surface area (Å²) in [6.45, 7) is 6.50. The van der Waals surface area contributed by atoms with Gasteiger partial charge < -0.3 is 15.4 Å². The number of ether oxygens (including phenoxy) is 1. The van der Waals surface area contributed by atoms with Crippen molar-refractivity contribution in [2.45, 2.75) is 51.5 Å². The molecule has 1 aliphatic carbocycles. The van der Waals surface area contributed by atoms with Crippen LogP contribution < -0.4 is 10.6 Å². The van der Waals surface area contributed by atoms with Crippen molar-refractivity contribution in [3.05, 3.63) is 35.4 Å². The van der Waals surface area contributed by atoms with Crippen LogP contribution in [-0.2, 0) is 15.1 Å². The van der Waals surface area contributed by atoms with Crippen LogP contribution in [0.2, 0.25) is 0 Å². The molecule has 1 saturated heterocycles. The molecule has 5 nitrogen and oxygen atoms in total. The maximum Gasteiger partial charge on any atom is 0.337 e. The molecule has 134 valence electrons. The Morgan fingerprint density at radius 3 is 2.04 bits per heavy atom. The number of hydrogen-bond donors (Lipinski definition) is 2. The van der Waals surface area contributed by atoms with E-state index in [0.29, 0.717) is 5.56 Å². The van der Waals surface area contributed by atoms with Gasteiger partial charge in [-0.3, -0.25) is 4.79 Å². The minimum Gasteiger partial charge on any atom is -0.465 e. The standard InChI is InChI=1S/C12H13NO3.C5H11N.C2H6/c1-16-11(15)9-2-4-10(5-3-9)12(6-7-12)13-8-14;1-2-4-6-5-3-1;1-2/h2-5,8H,6-7H2,1H3,(H,13,14);6H,1-5H2;1-2H3. The number of carbonyl (C=O) groups is 2. The Kier molecular flexibility index (Phi) is 9.08. The van der Waals surface area contributed by atoms with Crippen LogP contribution in [0.5, 0.6) is 0 Å². The van der Waals surface area contributed by atoms with Crippen molar-refractivity contribution in [3.8, 4) is 0 Å². The summed E-state index contributed by atoms with van der Waals surface area (Å²) in [5.41, 5.74) is 1.36. The third kappa shape index (κ3) is 5.96. The van der Waals surface area contributed by atoms with Gasteiger partial charge in [-0.1, -0.05) is 32.4 Å². The molecular weight excluding hydrogens is 304 g/mol. The highest BCUT2D eigenvalue weighted by molar-refractivity contribution is 5.89. The van der Waals surface area contributed by atoms with E-state index in [1.54, 1.807) is 12.1 Å². The fraction of sp³-hybridized carbons (Fsp3) is 0.579. The largest absolute Gasteiger partial charge is 0.465 e. The lowest BCUT2D eigenvalue weighted by Crippen LogP contribution is -2.27. The Bertz CT molecular complexity index is 480. The lowest BCUT2D eigenvalue weighted by molar-refractivity contribution is -0.110. The Morgan fingerprint density at radius 1 is 1.12 bits per heavy atom. The average molecular weight is 334 g/mol. The van der Waals surface area contributed by atoms with E-state index in [1.165, 1.54) is 39.5 Å². The van der Waals surface area contributed by atoms with Gasteiger partial charge in [0, 0.05) is 0 Å². The number of methoxy groups -OCH3 is 1. The van der Waals surface area contributed by atoms with Gasteiger partial charge in [0.05, 0.1) is 18.2 Å². The van der Waals surface area contributed by atoms with Gasteiger partial charge in [0.15, 0.2) is 0 Å². The highest BCUT2D eigenvalue weighted by Gasteiger charge is 2.43. The number of rotatable bonds is 4. The highest BCUT2D eigenvalue weighted by atomic mass is 16.5. The maximum atomic E-state index is 11.2. The van der Waals surface area contributed by atoms with Crippen LogP contribution in [-0.4, -0.2) is 32.6 Å². The van der Waals surface area contributed by atoms with Crippen LogP contribution in [0.3, 0.4) is 0 Å². The minimum atomic E-state index is -0.347. The molecule has 0 radical (unpaired) electrons. The third-order valence-electron chi connectivity index (χ3n) is 4.15. The van der Waals surface area contributed by atoms with Crippen LogP contribution in [0.25, 0.3) is 0 Å². The Hall–Kier alpha value is -1.88. The van der Waals surface area contributed by atoms with E-state index in [2.05, 4.69) is 15.4 Å². The van der Waals surface area contributed by atoms with Crippen molar-refractivity contribution in [2.75, 3.05) is 20.2 Å². The lowest BCUT2D eigenvalue weighted by atomic mass is 10.0. The molecule has 1 heterocycles. The Morgan fingerprint density at radius 2 is 1.71 bits per heavy atom. The van der Waals surface area contributed by atoms with Crippen molar-refractivity contribution in [1.29, 1.82) is 0 Å². The number of esters is 1. The molecule has 1 aromatic carbocycles. The minimum absolute atomic E-state index is 0.198. The summed E-state index contributed by atoms with van der Waals surface area (Å²) < 4.78 is 4.61. The van der Waals surface area contributed by atoms with E-state index in [1.807, 2.05) is 26.0 Å². The van der Waals surface area contributed by atoms with E-state index < -0.39 is 0 Å². The zero-order chi connectivity index (χ0) is 17.8. The second-order valence-electron chi connectivity index (χ2n) is 5.72. The number of nitrogens with one attached hydrogen (secondary N) is 2. The first kappa shape index (κ1) is 20.2. The first-order valence-electron chi connectivity index (χ1n) is 8.83. The average Bonchev–Trinajstić information content (AvgIpc) is 3.46. The number of benzene rings is 1. The molecule has 0 unspecified atom stereocenters. The van der Waals surface area contributed by atoms with Crippen molar-refractivity contribution < 1.29 is 14.3 Å². The van der Waals surface area contributed by atoms with E-state index in [9.17, 15) is 9.59 Å². The van der Waals surface area contributed by atoms with Crippen molar-refractivity contribution in [3.63, 3.8) is 0 Å². The van der Waals surface area contributed by atoms with Crippen molar-refractivity contribution in [1.82, 2.24) is 10.6 Å². The molecule has 1 amide bonds. The Balaban J connectivity index is 0.000000300. The molecule has 1 saturated carbocycles. The van der Waals surface area contributed by atoms with E-state index in [4.69, 9.17) is 0 Å². The normalized spacial score (nSPS) is 17.1. The second kappa shape index (κ2) is 10.8. The fourth-order valence-electron chi connectivity index (χ4n) is 2.60. The molecule has 0 aromatic heterocycles. The molecule has 1 aliphatic heterocycles. The second-order valence-corrected chi connectivity index (χ2v) is 5.72. The molecule has 0 atom stereocenters. The number of piperidine rings is 1. The van der Waals surface area contributed by atoms with Crippen LogP contribution in [0, 0.1) is 0 Å². The monoisotopic (exact) mass is 334 g/mol. The van der Waals surface area contributed by atoms with Crippen LogP contribution in [0.1, 0.15) is 61.9 Å². The fourth-order valence-corrected chi connectivity index (χ4v) is 2.60. The molecule has 0 spiro atoms. The van der Waals surface area contributed by atoms with Gasteiger partial charge in [-0.2, -0.15) is 0 Å². The van der Waals surface area contributed by atoms with Crippen LogP contribution in [0.4, 0.5) is 0 Å². The highest BCUT2D eigenvalue weighted by Crippen LogP contribution is 2.45. The predicted molar refractivity (Wildman–Crippen MR) is 96.0 cm³/mol. The topological polar surface area (TPSA) is 67.4 Å². The SMILES string of the molecule is C1CCNCC1.CC.COC(=O)c1ccc(C2(NC=O)CC2)cc1. The van der Waals surface area contributed by atoms with Crippen molar-refractivity contribution >= 4 is 12.4 Å². The van der Waals surface area contributed by atoms with Crippen molar-refractivity contribution in [2.24, 2.45) is 0 Å². The number of hydrogen-bond acceptors (Lipinski definition) is 4. The summed E-state index contributed by atoms with van der Waals surface area (Å²) in [6.07, 6.45) is 6.83. The molecule has 5 heteroatoms. The van der Waals surface area contributed by atoms with Crippen LogP contribution in [0.15, 0.2) is 24.3 Å². The van der Waals surface area contributed by atoms with Gasteiger partial charge in [0.1, 0.15) is 0 Å². The summed E-state index contributed by atoms with van der Waals surface area (Å²) in [6, 6.07) is 7.15. The van der Waals surface area contributed by atoms with Gasteiger partial charge in [0.25, 0.3) is 0 Å². The number of carbonyl (C=O) groups excluding carboxylic acids is 2. The lowest BCUT2D eigenvalue weighted by Gasteiger charge is -2.14. The number of amides is 1. The molecule has 2 aliphatic rings. The molecule has 3 rings (SSSR count). The molecular formula is C19H30N2O3. The zero-order valence-corrected chi connectivity index (χ0v) is 15.1. The third-order valence-corrected chi connectivity index (χ3v) is 4.15. The molecule has 1 aromatic rings. The summed E-state index contributed by atoms with van der Waals surface area (Å²) in [5.74, 6) is -0.347. The summed E-state index contributed by atoms with van der Waals surface area (Å²) in [4.78, 5) is 21.7. The summed E-state index contributed by atoms with van der Waals surface area (Å²) in [7, 11) is 1.35. The van der Waals surface area contributed by atoms with E-state index in [0.717, 1.165) is 24.8 Å². The van der Waals surface area contributed by atoms with Gasteiger partial charge >= 0.3 is 5.97 Å².